The number of carbonyl (C=O) groups is 1. The molecule has 0 radical (unpaired) electrons. The lowest BCUT2D eigenvalue weighted by atomic mass is 10.1. The molecule has 2 aliphatic heterocycles. The lowest BCUT2D eigenvalue weighted by Crippen LogP contribution is -2.48. The van der Waals surface area contributed by atoms with Crippen LogP contribution < -0.4 is 5.32 Å². The fourth-order valence-electron chi connectivity index (χ4n) is 3.33. The first-order valence-electron chi connectivity index (χ1n) is 8.15. The fraction of sp³-hybridized carbons (Fsp3) is 0.667. The Balaban J connectivity index is 2.06. The number of morpholine rings is 1. The van der Waals surface area contributed by atoms with Gasteiger partial charge in [0.25, 0.3) is 10.0 Å². The zero-order valence-electron chi connectivity index (χ0n) is 13.6. The third-order valence-corrected chi connectivity index (χ3v) is 8.13. The Morgan fingerprint density at radius 1 is 1.50 bits per heavy atom. The van der Waals surface area contributed by atoms with Gasteiger partial charge in [0, 0.05) is 24.0 Å². The van der Waals surface area contributed by atoms with Crippen LogP contribution >= 0.6 is 11.3 Å². The summed E-state index contributed by atoms with van der Waals surface area (Å²) in [7, 11) is -3.84. The van der Waals surface area contributed by atoms with Crippen LogP contribution in [0.5, 0.6) is 0 Å². The highest BCUT2D eigenvalue weighted by molar-refractivity contribution is 7.91. The second-order valence-corrected chi connectivity index (χ2v) is 9.22. The van der Waals surface area contributed by atoms with Crippen molar-refractivity contribution >= 4 is 27.3 Å². The summed E-state index contributed by atoms with van der Waals surface area (Å²) in [6.07, 6.45) is 2.09. The lowest BCUT2D eigenvalue weighted by Gasteiger charge is -2.34. The molecule has 2 aliphatic rings. The molecule has 134 valence electrons. The van der Waals surface area contributed by atoms with E-state index in [0.29, 0.717) is 44.7 Å². The van der Waals surface area contributed by atoms with E-state index >= 15 is 0 Å². The third-order valence-electron chi connectivity index (χ3n) is 4.45. The van der Waals surface area contributed by atoms with E-state index < -0.39 is 16.0 Å². The normalized spacial score (nSPS) is 22.3. The van der Waals surface area contributed by atoms with Gasteiger partial charge < -0.3 is 15.2 Å². The van der Waals surface area contributed by atoms with E-state index in [1.165, 1.54) is 4.31 Å². The molecule has 7 nitrogen and oxygen atoms in total. The summed E-state index contributed by atoms with van der Waals surface area (Å²) < 4.78 is 33.3. The Hall–Kier alpha value is -1.00. The van der Waals surface area contributed by atoms with Gasteiger partial charge in [-0.15, -0.1) is 11.3 Å². The molecule has 0 saturated carbocycles. The Labute approximate surface area is 145 Å². The molecule has 3 rings (SSSR count). The van der Waals surface area contributed by atoms with Crippen molar-refractivity contribution < 1.29 is 23.1 Å². The van der Waals surface area contributed by atoms with E-state index in [-0.39, 0.29) is 22.4 Å². The quantitative estimate of drug-likeness (QED) is 0.806. The first kappa shape index (κ1) is 17.8. The van der Waals surface area contributed by atoms with Crippen molar-refractivity contribution in [1.29, 1.82) is 0 Å². The number of fused-ring (bicyclic) bond motifs is 1. The molecule has 2 N–H and O–H groups in total. The van der Waals surface area contributed by atoms with E-state index in [9.17, 15) is 18.3 Å². The summed E-state index contributed by atoms with van der Waals surface area (Å²) in [5, 5.41) is 12.8. The molecule has 1 aromatic heterocycles. The van der Waals surface area contributed by atoms with Gasteiger partial charge in [-0.1, -0.05) is 13.3 Å². The van der Waals surface area contributed by atoms with Crippen LogP contribution in [0, 0.1) is 0 Å². The number of hydrogen-bond donors (Lipinski definition) is 2. The van der Waals surface area contributed by atoms with E-state index in [1.54, 1.807) is 0 Å². The van der Waals surface area contributed by atoms with Gasteiger partial charge in [-0.05, 0) is 24.9 Å². The summed E-state index contributed by atoms with van der Waals surface area (Å²) in [6, 6.07) is -0.229. The SMILES string of the molecule is CCC[C@H]1COCCN1S(=O)(=O)c1sc2c(c1C(=O)O)CCNC2. The van der Waals surface area contributed by atoms with Gasteiger partial charge in [-0.2, -0.15) is 4.31 Å². The maximum atomic E-state index is 13.2. The van der Waals surface area contributed by atoms with Crippen LogP contribution in [0.1, 0.15) is 40.6 Å². The fourth-order valence-corrected chi connectivity index (χ4v) is 6.93. The maximum absolute atomic E-state index is 13.2. The van der Waals surface area contributed by atoms with Crippen molar-refractivity contribution in [2.24, 2.45) is 0 Å². The van der Waals surface area contributed by atoms with E-state index in [1.807, 2.05) is 6.92 Å². The first-order chi connectivity index (χ1) is 11.5. The Kier molecular flexibility index (Phi) is 5.26. The standard InChI is InChI=1S/C15H22N2O5S2/c1-2-3-10-9-22-7-6-17(10)24(20,21)15-13(14(18)19)11-4-5-16-8-12(11)23-15/h10,16H,2-9H2,1H3,(H,18,19)/t10-/m0/s1. The van der Waals surface area contributed by atoms with Crippen molar-refractivity contribution in [1.82, 2.24) is 9.62 Å². The average molecular weight is 374 g/mol. The minimum atomic E-state index is -3.84. The minimum Gasteiger partial charge on any atom is -0.478 e. The van der Waals surface area contributed by atoms with Crippen LogP contribution in [0.2, 0.25) is 0 Å². The van der Waals surface area contributed by atoms with Crippen molar-refractivity contribution in [3.63, 3.8) is 0 Å². The van der Waals surface area contributed by atoms with Gasteiger partial charge >= 0.3 is 5.97 Å². The van der Waals surface area contributed by atoms with Gasteiger partial charge in [0.15, 0.2) is 0 Å². The number of nitrogens with one attached hydrogen (secondary N) is 1. The molecule has 0 bridgehead atoms. The molecule has 0 amide bonds. The number of ether oxygens (including phenoxy) is 1. The molecule has 1 aromatic rings. The number of hydrogen-bond acceptors (Lipinski definition) is 6. The van der Waals surface area contributed by atoms with Gasteiger partial charge in [0.1, 0.15) is 4.21 Å². The molecular formula is C15H22N2O5S2. The number of aromatic carboxylic acids is 1. The summed E-state index contributed by atoms with van der Waals surface area (Å²) in [4.78, 5) is 12.6. The van der Waals surface area contributed by atoms with Crippen molar-refractivity contribution in [3.8, 4) is 0 Å². The average Bonchev–Trinajstić information content (AvgIpc) is 2.96. The van der Waals surface area contributed by atoms with Crippen LogP contribution in [0.4, 0.5) is 0 Å². The molecule has 1 atom stereocenters. The predicted octanol–water partition coefficient (Wildman–Crippen LogP) is 1.28. The Bertz CT molecular complexity index is 726. The minimum absolute atomic E-state index is 0.0216. The van der Waals surface area contributed by atoms with Crippen molar-refractivity contribution in [2.45, 2.75) is 43.0 Å². The van der Waals surface area contributed by atoms with Gasteiger partial charge in [0.05, 0.1) is 18.8 Å². The predicted molar refractivity (Wildman–Crippen MR) is 90.1 cm³/mol. The topological polar surface area (TPSA) is 95.9 Å². The van der Waals surface area contributed by atoms with E-state index in [4.69, 9.17) is 4.74 Å². The Morgan fingerprint density at radius 3 is 3.00 bits per heavy atom. The largest absolute Gasteiger partial charge is 0.478 e. The van der Waals surface area contributed by atoms with E-state index in [0.717, 1.165) is 22.6 Å². The molecule has 24 heavy (non-hydrogen) atoms. The lowest BCUT2D eigenvalue weighted by molar-refractivity contribution is 0.0295. The smallest absolute Gasteiger partial charge is 0.338 e. The van der Waals surface area contributed by atoms with E-state index in [2.05, 4.69) is 5.32 Å². The molecule has 1 fully saturated rings. The molecular weight excluding hydrogens is 352 g/mol. The first-order valence-corrected chi connectivity index (χ1v) is 10.4. The maximum Gasteiger partial charge on any atom is 0.338 e. The number of rotatable bonds is 5. The van der Waals surface area contributed by atoms with Gasteiger partial charge in [-0.3, -0.25) is 0 Å². The van der Waals surface area contributed by atoms with Crippen molar-refractivity contribution in [3.05, 3.63) is 16.0 Å². The number of sulfonamides is 1. The highest BCUT2D eigenvalue weighted by atomic mass is 32.2. The summed E-state index contributed by atoms with van der Waals surface area (Å²) in [5.41, 5.74) is 0.642. The summed E-state index contributed by atoms with van der Waals surface area (Å²) in [6.45, 7) is 4.16. The second-order valence-electron chi connectivity index (χ2n) is 6.03. The Morgan fingerprint density at radius 2 is 2.29 bits per heavy atom. The van der Waals surface area contributed by atoms with Gasteiger partial charge in [0.2, 0.25) is 0 Å². The third kappa shape index (κ3) is 3.11. The monoisotopic (exact) mass is 374 g/mol. The molecule has 0 aromatic carbocycles. The number of carboxylic acid groups (broad SMARTS) is 1. The molecule has 9 heteroatoms. The molecule has 0 spiro atoms. The zero-order valence-corrected chi connectivity index (χ0v) is 15.2. The highest BCUT2D eigenvalue weighted by Crippen LogP contribution is 2.37. The second kappa shape index (κ2) is 7.09. The molecule has 0 unspecified atom stereocenters. The van der Waals surface area contributed by atoms with Gasteiger partial charge in [-0.25, -0.2) is 13.2 Å². The number of thiophene rings is 1. The molecule has 0 aliphatic carbocycles. The highest BCUT2D eigenvalue weighted by Gasteiger charge is 2.39. The summed E-state index contributed by atoms with van der Waals surface area (Å²) in [5.74, 6) is -1.16. The molecule has 3 heterocycles. The van der Waals surface area contributed by atoms with Crippen LogP contribution in [-0.2, 0) is 27.7 Å². The zero-order chi connectivity index (χ0) is 17.3. The van der Waals surface area contributed by atoms with Crippen LogP contribution in [0.15, 0.2) is 4.21 Å². The van der Waals surface area contributed by atoms with Crippen LogP contribution in [0.3, 0.4) is 0 Å². The number of nitrogens with zero attached hydrogens (tertiary/aromatic N) is 1. The van der Waals surface area contributed by atoms with Crippen LogP contribution in [0.25, 0.3) is 0 Å². The summed E-state index contributed by atoms with van der Waals surface area (Å²) >= 11 is 1.10. The molecule has 1 saturated heterocycles. The van der Waals surface area contributed by atoms with Crippen molar-refractivity contribution in [2.75, 3.05) is 26.3 Å². The number of carboxylic acids is 1. The van der Waals surface area contributed by atoms with Crippen LogP contribution in [-0.4, -0.2) is 56.1 Å².